The van der Waals surface area contributed by atoms with Gasteiger partial charge in [0.25, 0.3) is 0 Å². The van der Waals surface area contributed by atoms with E-state index >= 15 is 0 Å². The first-order valence-electron chi connectivity index (χ1n) is 12.1. The molecule has 4 rings (SSSR count). The van der Waals surface area contributed by atoms with Crippen LogP contribution < -0.4 is 14.8 Å². The van der Waals surface area contributed by atoms with Crippen LogP contribution in [0.3, 0.4) is 0 Å². The van der Waals surface area contributed by atoms with Crippen LogP contribution in [0.15, 0.2) is 40.7 Å². The van der Waals surface area contributed by atoms with Crippen molar-refractivity contribution < 1.29 is 33.3 Å². The number of hydrogen-bond acceptors (Lipinski definition) is 8. The molecule has 2 aliphatic carbocycles. The minimum atomic E-state index is -0.954. The van der Waals surface area contributed by atoms with Crippen LogP contribution >= 0.6 is 0 Å². The van der Waals surface area contributed by atoms with Gasteiger partial charge in [0.1, 0.15) is 12.0 Å². The van der Waals surface area contributed by atoms with E-state index in [1.807, 2.05) is 19.9 Å². The third kappa shape index (κ3) is 4.42. The van der Waals surface area contributed by atoms with Gasteiger partial charge in [-0.25, -0.2) is 4.79 Å². The van der Waals surface area contributed by atoms with Gasteiger partial charge in [0.05, 0.1) is 32.8 Å². The molecule has 3 aliphatic rings. The lowest BCUT2D eigenvalue weighted by Crippen LogP contribution is -2.43. The SMILES string of the molecule is COC(=O)[C@H]1C(=O)C2=C(C[C@H]1C)NC(C)=C(C(=O)OC1CCCC1)[C@@H]2c1cccc(OC)c1OC. The number of dihydropyridines is 1. The number of methoxy groups -OCH3 is 3. The molecule has 1 aliphatic heterocycles. The summed E-state index contributed by atoms with van der Waals surface area (Å²) in [5.74, 6) is -2.49. The number of allylic oxidation sites excluding steroid dienone is 3. The molecule has 0 saturated heterocycles. The van der Waals surface area contributed by atoms with E-state index in [0.29, 0.717) is 46.0 Å². The summed E-state index contributed by atoms with van der Waals surface area (Å²) in [4.78, 5) is 40.1. The highest BCUT2D eigenvalue weighted by Crippen LogP contribution is 2.49. The summed E-state index contributed by atoms with van der Waals surface area (Å²) in [6, 6.07) is 5.37. The second-order valence-electron chi connectivity index (χ2n) is 9.43. The lowest BCUT2D eigenvalue weighted by molar-refractivity contribution is -0.151. The van der Waals surface area contributed by atoms with Gasteiger partial charge >= 0.3 is 11.9 Å². The molecule has 0 spiro atoms. The maximum atomic E-state index is 13.9. The Bertz CT molecular complexity index is 1100. The summed E-state index contributed by atoms with van der Waals surface area (Å²) in [6.45, 7) is 3.67. The van der Waals surface area contributed by atoms with Crippen molar-refractivity contribution in [2.45, 2.75) is 58.0 Å². The quantitative estimate of drug-likeness (QED) is 0.482. The minimum Gasteiger partial charge on any atom is -0.493 e. The molecular formula is C27H33NO7. The van der Waals surface area contributed by atoms with Crippen molar-refractivity contribution in [2.75, 3.05) is 21.3 Å². The van der Waals surface area contributed by atoms with Crippen LogP contribution in [0.2, 0.25) is 0 Å². The van der Waals surface area contributed by atoms with Crippen LogP contribution in [0.5, 0.6) is 11.5 Å². The van der Waals surface area contributed by atoms with E-state index in [1.165, 1.54) is 21.3 Å². The van der Waals surface area contributed by atoms with E-state index < -0.39 is 23.8 Å². The Morgan fingerprint density at radius 2 is 1.77 bits per heavy atom. The van der Waals surface area contributed by atoms with Crippen LogP contribution in [0.25, 0.3) is 0 Å². The fourth-order valence-corrected chi connectivity index (χ4v) is 5.62. The molecule has 1 aromatic carbocycles. The molecule has 0 radical (unpaired) electrons. The first-order chi connectivity index (χ1) is 16.8. The number of esters is 2. The summed E-state index contributed by atoms with van der Waals surface area (Å²) in [5.41, 5.74) is 2.64. The fraction of sp³-hybridized carbons (Fsp3) is 0.519. The van der Waals surface area contributed by atoms with Gasteiger partial charge in [-0.1, -0.05) is 19.1 Å². The monoisotopic (exact) mass is 483 g/mol. The number of ketones is 1. The average Bonchev–Trinajstić information content (AvgIpc) is 3.35. The highest BCUT2D eigenvalue weighted by molar-refractivity contribution is 6.12. The van der Waals surface area contributed by atoms with Crippen molar-refractivity contribution in [3.05, 3.63) is 46.3 Å². The number of hydrogen-bond donors (Lipinski definition) is 1. The summed E-state index contributed by atoms with van der Waals surface area (Å²) in [7, 11) is 4.33. The van der Waals surface area contributed by atoms with Gasteiger partial charge in [0.15, 0.2) is 17.3 Å². The third-order valence-electron chi connectivity index (χ3n) is 7.28. The number of Topliss-reactive ketones (excluding diaryl/α,β-unsaturated/α-hetero) is 1. The van der Waals surface area contributed by atoms with E-state index in [4.69, 9.17) is 18.9 Å². The number of benzene rings is 1. The smallest absolute Gasteiger partial charge is 0.337 e. The fourth-order valence-electron chi connectivity index (χ4n) is 5.62. The molecule has 3 atom stereocenters. The largest absolute Gasteiger partial charge is 0.493 e. The first-order valence-corrected chi connectivity index (χ1v) is 12.1. The number of ether oxygens (including phenoxy) is 4. The molecular weight excluding hydrogens is 450 g/mol. The highest BCUT2D eigenvalue weighted by Gasteiger charge is 2.48. The minimum absolute atomic E-state index is 0.143. The van der Waals surface area contributed by atoms with Crippen molar-refractivity contribution in [1.29, 1.82) is 0 Å². The van der Waals surface area contributed by atoms with Crippen molar-refractivity contribution in [3.8, 4) is 11.5 Å². The third-order valence-corrected chi connectivity index (χ3v) is 7.28. The predicted octanol–water partition coefficient (Wildman–Crippen LogP) is 3.80. The van der Waals surface area contributed by atoms with E-state index in [9.17, 15) is 14.4 Å². The molecule has 0 bridgehead atoms. The maximum absolute atomic E-state index is 13.9. The van der Waals surface area contributed by atoms with Crippen molar-refractivity contribution in [3.63, 3.8) is 0 Å². The highest BCUT2D eigenvalue weighted by atomic mass is 16.5. The molecule has 1 aromatic rings. The van der Waals surface area contributed by atoms with E-state index in [-0.39, 0.29) is 17.8 Å². The van der Waals surface area contributed by atoms with Gasteiger partial charge in [-0.2, -0.15) is 0 Å². The van der Waals surface area contributed by atoms with E-state index in [2.05, 4.69) is 5.32 Å². The summed E-state index contributed by atoms with van der Waals surface area (Å²) in [6.07, 6.45) is 4.02. The Labute approximate surface area is 205 Å². The van der Waals surface area contributed by atoms with Gasteiger partial charge in [-0.15, -0.1) is 0 Å². The van der Waals surface area contributed by atoms with Crippen LogP contribution in [-0.2, 0) is 23.9 Å². The Morgan fingerprint density at radius 1 is 1.06 bits per heavy atom. The lowest BCUT2D eigenvalue weighted by atomic mass is 9.69. The normalized spacial score (nSPS) is 24.6. The van der Waals surface area contributed by atoms with Gasteiger partial charge < -0.3 is 24.3 Å². The van der Waals surface area contributed by atoms with Gasteiger partial charge in [0, 0.05) is 22.5 Å². The molecule has 1 fully saturated rings. The molecule has 1 saturated carbocycles. The molecule has 1 N–H and O–H groups in total. The zero-order valence-corrected chi connectivity index (χ0v) is 20.9. The predicted molar refractivity (Wildman–Crippen MR) is 128 cm³/mol. The number of para-hydroxylation sites is 1. The molecule has 0 amide bonds. The molecule has 0 unspecified atom stereocenters. The number of rotatable bonds is 6. The standard InChI is InChI=1S/C27H33NO7/c1-14-13-18-23(24(29)20(14)26(30)34-5)22(17-11-8-12-19(32-3)25(17)33-4)21(15(2)28-18)27(31)35-16-9-6-7-10-16/h8,11-12,14,16,20,22,28H,6-7,9-10,13H2,1-5H3/t14-,20-,22+/m1/s1. The van der Waals surface area contributed by atoms with E-state index in [1.54, 1.807) is 12.1 Å². The number of carbonyl (C=O) groups is 3. The van der Waals surface area contributed by atoms with Crippen LogP contribution in [0.1, 0.15) is 57.4 Å². The second-order valence-corrected chi connectivity index (χ2v) is 9.43. The van der Waals surface area contributed by atoms with Crippen LogP contribution in [-0.4, -0.2) is 45.2 Å². The molecule has 35 heavy (non-hydrogen) atoms. The maximum Gasteiger partial charge on any atom is 0.337 e. The van der Waals surface area contributed by atoms with Crippen LogP contribution in [0.4, 0.5) is 0 Å². The lowest BCUT2D eigenvalue weighted by Gasteiger charge is -2.38. The molecule has 188 valence electrons. The molecule has 0 aromatic heterocycles. The van der Waals surface area contributed by atoms with Gasteiger partial charge in [-0.3, -0.25) is 9.59 Å². The zero-order chi connectivity index (χ0) is 25.3. The molecule has 8 heteroatoms. The second kappa shape index (κ2) is 10.1. The molecule has 1 heterocycles. The zero-order valence-electron chi connectivity index (χ0n) is 20.9. The van der Waals surface area contributed by atoms with Crippen LogP contribution in [0, 0.1) is 11.8 Å². The summed E-state index contributed by atoms with van der Waals surface area (Å²) >= 11 is 0. The van der Waals surface area contributed by atoms with Crippen molar-refractivity contribution >= 4 is 17.7 Å². The van der Waals surface area contributed by atoms with E-state index in [0.717, 1.165) is 25.7 Å². The number of carbonyl (C=O) groups excluding carboxylic acids is 3. The molecule has 8 nitrogen and oxygen atoms in total. The topological polar surface area (TPSA) is 100 Å². The number of nitrogens with one attached hydrogen (secondary N) is 1. The van der Waals surface area contributed by atoms with Gasteiger partial charge in [-0.05, 0) is 51.0 Å². The Hall–Kier alpha value is -3.29. The Kier molecular flexibility index (Phi) is 7.19. The first kappa shape index (κ1) is 24.8. The van der Waals surface area contributed by atoms with Gasteiger partial charge in [0.2, 0.25) is 0 Å². The van der Waals surface area contributed by atoms with Crippen molar-refractivity contribution in [2.24, 2.45) is 11.8 Å². The van der Waals surface area contributed by atoms with Crippen molar-refractivity contribution in [1.82, 2.24) is 5.32 Å². The summed E-state index contributed by atoms with van der Waals surface area (Å²) < 4.78 is 22.1. The average molecular weight is 484 g/mol. The Morgan fingerprint density at radius 3 is 2.40 bits per heavy atom. The Balaban J connectivity index is 1.88. The summed E-state index contributed by atoms with van der Waals surface area (Å²) in [5, 5.41) is 3.29.